The molecule has 0 atom stereocenters. The smallest absolute Gasteiger partial charge is 0.276 e. The first-order valence-corrected chi connectivity index (χ1v) is 11.2. The second kappa shape index (κ2) is 10.1. The number of ether oxygens (including phenoxy) is 2. The van der Waals surface area contributed by atoms with Crippen LogP contribution in [-0.4, -0.2) is 39.9 Å². The van der Waals surface area contributed by atoms with Crippen LogP contribution in [0.5, 0.6) is 11.5 Å². The summed E-state index contributed by atoms with van der Waals surface area (Å²) in [6.07, 6.45) is 4.98. The normalized spacial score (nSPS) is 10.6. The molecule has 0 aliphatic carbocycles. The molecule has 0 fully saturated rings. The number of aromatic nitrogens is 4. The van der Waals surface area contributed by atoms with Gasteiger partial charge in [0.05, 0.1) is 38.0 Å². The van der Waals surface area contributed by atoms with E-state index in [1.165, 1.54) is 0 Å². The molecule has 5 aromatic rings. The number of hydrogen-bond donors (Lipinski definition) is 1. The van der Waals surface area contributed by atoms with Gasteiger partial charge < -0.3 is 14.8 Å². The van der Waals surface area contributed by atoms with Crippen molar-refractivity contribution in [3.8, 4) is 39.7 Å². The molecule has 2 aromatic heterocycles. The van der Waals surface area contributed by atoms with Crippen LogP contribution >= 0.6 is 0 Å². The van der Waals surface area contributed by atoms with Gasteiger partial charge in [0, 0.05) is 17.3 Å². The molecule has 0 saturated carbocycles. The second-order valence-electron chi connectivity index (χ2n) is 7.86. The molecule has 36 heavy (non-hydrogen) atoms. The van der Waals surface area contributed by atoms with Gasteiger partial charge in [-0.05, 0) is 29.8 Å². The Kier molecular flexibility index (Phi) is 6.40. The summed E-state index contributed by atoms with van der Waals surface area (Å²) in [5, 5.41) is 7.48. The molecule has 0 aliphatic rings. The summed E-state index contributed by atoms with van der Waals surface area (Å²) in [5.74, 6) is 1.34. The van der Waals surface area contributed by atoms with Crippen molar-refractivity contribution in [3.05, 3.63) is 103 Å². The summed E-state index contributed by atoms with van der Waals surface area (Å²) >= 11 is 0. The highest BCUT2D eigenvalue weighted by Crippen LogP contribution is 2.34. The highest BCUT2D eigenvalue weighted by atomic mass is 16.5. The maximum atomic E-state index is 13.4. The average molecular weight is 478 g/mol. The van der Waals surface area contributed by atoms with Crippen molar-refractivity contribution in [1.82, 2.24) is 19.7 Å². The van der Waals surface area contributed by atoms with E-state index in [2.05, 4.69) is 20.4 Å². The van der Waals surface area contributed by atoms with Crippen molar-refractivity contribution in [1.29, 1.82) is 0 Å². The van der Waals surface area contributed by atoms with Gasteiger partial charge in [-0.1, -0.05) is 54.6 Å². The lowest BCUT2D eigenvalue weighted by atomic mass is 10.1. The zero-order valence-electron chi connectivity index (χ0n) is 19.8. The summed E-state index contributed by atoms with van der Waals surface area (Å²) in [6.45, 7) is 0. The molecular weight excluding hydrogens is 454 g/mol. The van der Waals surface area contributed by atoms with E-state index in [0.29, 0.717) is 28.6 Å². The van der Waals surface area contributed by atoms with Crippen LogP contribution in [0.4, 0.5) is 5.69 Å². The quantitative estimate of drug-likeness (QED) is 0.344. The summed E-state index contributed by atoms with van der Waals surface area (Å²) in [6, 6.07) is 24.7. The number of nitrogens with zero attached hydrogens (tertiary/aromatic N) is 4. The van der Waals surface area contributed by atoms with Crippen LogP contribution in [0.15, 0.2) is 97.5 Å². The van der Waals surface area contributed by atoms with Gasteiger partial charge in [0.25, 0.3) is 5.91 Å². The Labute approximate surface area is 208 Å². The van der Waals surface area contributed by atoms with Gasteiger partial charge in [0.15, 0.2) is 23.0 Å². The van der Waals surface area contributed by atoms with Gasteiger partial charge in [-0.25, -0.2) is 14.6 Å². The lowest BCUT2D eigenvalue weighted by Gasteiger charge is -2.10. The van der Waals surface area contributed by atoms with Crippen molar-refractivity contribution in [3.63, 3.8) is 0 Å². The molecule has 0 saturated heterocycles. The third kappa shape index (κ3) is 4.65. The van der Waals surface area contributed by atoms with E-state index >= 15 is 0 Å². The summed E-state index contributed by atoms with van der Waals surface area (Å²) in [7, 11) is 3.15. The van der Waals surface area contributed by atoms with Gasteiger partial charge in [-0.3, -0.25) is 4.79 Å². The molecule has 178 valence electrons. The summed E-state index contributed by atoms with van der Waals surface area (Å²) in [5.41, 5.74) is 3.83. The van der Waals surface area contributed by atoms with E-state index in [4.69, 9.17) is 9.47 Å². The zero-order valence-corrected chi connectivity index (χ0v) is 19.8. The SMILES string of the molecule is COc1ccc(-c2cn(-c3ccccc3)nc2C(=O)Nc2cnc(-c3ccccc3)nc2)cc1OC. The lowest BCUT2D eigenvalue weighted by molar-refractivity contribution is 0.102. The van der Waals surface area contributed by atoms with Crippen molar-refractivity contribution in [2.24, 2.45) is 0 Å². The van der Waals surface area contributed by atoms with Gasteiger partial charge >= 0.3 is 0 Å². The third-order valence-electron chi connectivity index (χ3n) is 5.59. The third-order valence-corrected chi connectivity index (χ3v) is 5.59. The standard InChI is InChI=1S/C28H23N5O3/c1-35-24-14-13-20(15-25(24)36-2)23-18-33(22-11-7-4-8-12-22)32-26(23)28(34)31-21-16-29-27(30-17-21)19-9-5-3-6-10-19/h3-18H,1-2H3,(H,31,34). The van der Waals surface area contributed by atoms with Crippen LogP contribution in [0, 0.1) is 0 Å². The Morgan fingerprint density at radius 3 is 2.14 bits per heavy atom. The first kappa shape index (κ1) is 22.8. The molecule has 8 nitrogen and oxygen atoms in total. The fourth-order valence-corrected chi connectivity index (χ4v) is 3.79. The number of hydrogen-bond acceptors (Lipinski definition) is 6. The number of anilines is 1. The lowest BCUT2D eigenvalue weighted by Crippen LogP contribution is -2.14. The fraction of sp³-hybridized carbons (Fsp3) is 0.0714. The molecule has 0 radical (unpaired) electrons. The van der Waals surface area contributed by atoms with E-state index in [9.17, 15) is 4.79 Å². The second-order valence-corrected chi connectivity index (χ2v) is 7.86. The van der Waals surface area contributed by atoms with Gasteiger partial charge in [0.1, 0.15) is 0 Å². The first-order valence-electron chi connectivity index (χ1n) is 11.2. The minimum Gasteiger partial charge on any atom is -0.493 e. The van der Waals surface area contributed by atoms with Crippen molar-refractivity contribution < 1.29 is 14.3 Å². The molecule has 0 unspecified atom stereocenters. The molecule has 5 rings (SSSR count). The van der Waals surface area contributed by atoms with Crippen molar-refractivity contribution >= 4 is 11.6 Å². The van der Waals surface area contributed by atoms with Crippen LogP contribution in [0.25, 0.3) is 28.2 Å². The molecule has 2 heterocycles. The van der Waals surface area contributed by atoms with Crippen LogP contribution in [-0.2, 0) is 0 Å². The molecule has 0 aliphatic heterocycles. The predicted octanol–water partition coefficient (Wildman–Crippen LogP) is 5.27. The molecule has 0 bridgehead atoms. The number of carbonyl (C=O) groups is 1. The van der Waals surface area contributed by atoms with E-state index in [1.54, 1.807) is 37.4 Å². The fourth-order valence-electron chi connectivity index (χ4n) is 3.79. The van der Waals surface area contributed by atoms with Gasteiger partial charge in [-0.15, -0.1) is 0 Å². The topological polar surface area (TPSA) is 91.2 Å². The largest absolute Gasteiger partial charge is 0.493 e. The Morgan fingerprint density at radius 2 is 1.47 bits per heavy atom. The van der Waals surface area contributed by atoms with Crippen molar-refractivity contribution in [2.75, 3.05) is 19.5 Å². The minimum absolute atomic E-state index is 0.248. The van der Waals surface area contributed by atoms with Crippen LogP contribution in [0.3, 0.4) is 0 Å². The predicted molar refractivity (Wildman–Crippen MR) is 138 cm³/mol. The Hall–Kier alpha value is -4.98. The maximum absolute atomic E-state index is 13.4. The summed E-state index contributed by atoms with van der Waals surface area (Å²) in [4.78, 5) is 22.2. The van der Waals surface area contributed by atoms with Crippen LogP contribution < -0.4 is 14.8 Å². The number of amides is 1. The summed E-state index contributed by atoms with van der Waals surface area (Å²) < 4.78 is 12.5. The van der Waals surface area contributed by atoms with Crippen molar-refractivity contribution in [2.45, 2.75) is 0 Å². The monoisotopic (exact) mass is 477 g/mol. The van der Waals surface area contributed by atoms with Crippen LogP contribution in [0.2, 0.25) is 0 Å². The van der Waals surface area contributed by atoms with Gasteiger partial charge in [-0.2, -0.15) is 5.10 Å². The number of carbonyl (C=O) groups excluding carboxylic acids is 1. The van der Waals surface area contributed by atoms with E-state index in [0.717, 1.165) is 16.8 Å². The number of nitrogens with one attached hydrogen (secondary N) is 1. The van der Waals surface area contributed by atoms with E-state index < -0.39 is 0 Å². The van der Waals surface area contributed by atoms with E-state index in [1.807, 2.05) is 79.0 Å². The molecule has 0 spiro atoms. The first-order chi connectivity index (χ1) is 17.7. The number of methoxy groups -OCH3 is 2. The molecular formula is C28H23N5O3. The molecule has 8 heteroatoms. The van der Waals surface area contributed by atoms with E-state index in [-0.39, 0.29) is 11.6 Å². The molecule has 1 amide bonds. The van der Waals surface area contributed by atoms with Crippen LogP contribution in [0.1, 0.15) is 10.5 Å². The molecule has 1 N–H and O–H groups in total. The highest BCUT2D eigenvalue weighted by Gasteiger charge is 2.21. The Balaban J connectivity index is 1.49. The average Bonchev–Trinajstić information content (AvgIpc) is 3.40. The Morgan fingerprint density at radius 1 is 0.806 bits per heavy atom. The Bertz CT molecular complexity index is 1480. The minimum atomic E-state index is -0.384. The number of para-hydroxylation sites is 1. The number of rotatable bonds is 7. The zero-order chi connectivity index (χ0) is 24.9. The molecule has 3 aromatic carbocycles. The number of benzene rings is 3. The highest BCUT2D eigenvalue weighted by molar-refractivity contribution is 6.07. The maximum Gasteiger partial charge on any atom is 0.276 e. The van der Waals surface area contributed by atoms with Gasteiger partial charge in [0.2, 0.25) is 0 Å².